The zero-order chi connectivity index (χ0) is 27.5. The van der Waals surface area contributed by atoms with E-state index in [0.717, 1.165) is 11.3 Å². The van der Waals surface area contributed by atoms with Crippen molar-refractivity contribution in [1.29, 1.82) is 0 Å². The number of aromatic nitrogens is 1. The van der Waals surface area contributed by atoms with Crippen LogP contribution >= 0.6 is 15.9 Å². The number of methoxy groups -OCH3 is 1. The molecule has 0 fully saturated rings. The highest BCUT2D eigenvalue weighted by Crippen LogP contribution is 2.35. The third-order valence-corrected chi connectivity index (χ3v) is 9.43. The molecule has 1 heterocycles. The van der Waals surface area contributed by atoms with E-state index in [4.69, 9.17) is 4.74 Å². The van der Waals surface area contributed by atoms with E-state index < -0.39 is 36.6 Å². The molecule has 0 aliphatic heterocycles. The molecule has 0 amide bonds. The predicted molar refractivity (Wildman–Crippen MR) is 146 cm³/mol. The van der Waals surface area contributed by atoms with E-state index in [1.165, 1.54) is 42.5 Å². The van der Waals surface area contributed by atoms with Crippen molar-refractivity contribution < 1.29 is 31.5 Å². The van der Waals surface area contributed by atoms with Gasteiger partial charge in [-0.05, 0) is 48.0 Å². The summed E-state index contributed by atoms with van der Waals surface area (Å²) < 4.78 is 62.4. The quantitative estimate of drug-likeness (QED) is 0.216. The van der Waals surface area contributed by atoms with Crippen LogP contribution < -0.4 is 14.8 Å². The number of nitrogens with one attached hydrogen (secondary N) is 2. The lowest BCUT2D eigenvalue weighted by Gasteiger charge is -2.11. The molecule has 10 nitrogen and oxygen atoms in total. The third-order valence-electron chi connectivity index (χ3n) is 5.67. The van der Waals surface area contributed by atoms with Crippen LogP contribution in [-0.2, 0) is 26.6 Å². The summed E-state index contributed by atoms with van der Waals surface area (Å²) in [6.07, 6.45) is 0. The second-order valence-electron chi connectivity index (χ2n) is 8.15. The first-order valence-corrected chi connectivity index (χ1v) is 15.0. The van der Waals surface area contributed by atoms with Gasteiger partial charge in [-0.3, -0.25) is 0 Å². The zero-order valence-corrected chi connectivity index (χ0v) is 23.3. The van der Waals surface area contributed by atoms with E-state index >= 15 is 0 Å². The summed E-state index contributed by atoms with van der Waals surface area (Å²) in [6, 6.07) is 18.8. The van der Waals surface area contributed by atoms with Gasteiger partial charge in [-0.25, -0.2) is 30.3 Å². The molecule has 4 aromatic rings. The molecule has 3 aromatic carbocycles. The van der Waals surface area contributed by atoms with Gasteiger partial charge in [0.2, 0.25) is 10.0 Å². The summed E-state index contributed by atoms with van der Waals surface area (Å²) in [4.78, 5) is 11.6. The van der Waals surface area contributed by atoms with E-state index in [2.05, 4.69) is 26.0 Å². The highest BCUT2D eigenvalue weighted by Gasteiger charge is 2.36. The van der Waals surface area contributed by atoms with Crippen molar-refractivity contribution in [3.05, 3.63) is 88.5 Å². The first-order chi connectivity index (χ1) is 18.1. The van der Waals surface area contributed by atoms with Crippen molar-refractivity contribution >= 4 is 52.8 Å². The molecule has 0 atom stereocenters. The molecule has 1 aromatic heterocycles. The van der Waals surface area contributed by atoms with Crippen LogP contribution in [0.25, 0.3) is 10.9 Å². The van der Waals surface area contributed by atoms with Crippen LogP contribution in [0.3, 0.4) is 0 Å². The number of aromatic carboxylic acids is 1. The number of carboxylic acid groups (broad SMARTS) is 1. The van der Waals surface area contributed by atoms with E-state index in [1.54, 1.807) is 13.2 Å². The number of hydrogen-bond donors (Lipinski definition) is 3. The van der Waals surface area contributed by atoms with Gasteiger partial charge >= 0.3 is 5.97 Å². The first-order valence-electron chi connectivity index (χ1n) is 11.3. The molecule has 0 bridgehead atoms. The molecule has 0 saturated carbocycles. The molecule has 38 heavy (non-hydrogen) atoms. The van der Waals surface area contributed by atoms with Crippen LogP contribution in [-0.4, -0.2) is 52.1 Å². The van der Waals surface area contributed by atoms with Crippen LogP contribution in [0.1, 0.15) is 16.1 Å². The van der Waals surface area contributed by atoms with E-state index in [-0.39, 0.29) is 28.9 Å². The summed E-state index contributed by atoms with van der Waals surface area (Å²) in [5.41, 5.74) is 0.00830. The maximum absolute atomic E-state index is 13.5. The monoisotopic (exact) mass is 621 g/mol. The Hall–Kier alpha value is -3.23. The van der Waals surface area contributed by atoms with Gasteiger partial charge in [0.15, 0.2) is 5.69 Å². The van der Waals surface area contributed by atoms with Crippen LogP contribution in [0, 0.1) is 0 Å². The number of carboxylic acids is 1. The second kappa shape index (κ2) is 11.3. The van der Waals surface area contributed by atoms with E-state index in [9.17, 15) is 26.7 Å². The number of carbonyl (C=O) groups is 1. The number of sulfonamides is 1. The maximum atomic E-state index is 13.5. The van der Waals surface area contributed by atoms with Crippen molar-refractivity contribution in [1.82, 2.24) is 14.0 Å². The average Bonchev–Trinajstić information content (AvgIpc) is 3.26. The minimum atomic E-state index is -4.45. The molecule has 3 N–H and O–H groups in total. The molecule has 13 heteroatoms. The van der Waals surface area contributed by atoms with Gasteiger partial charge in [0.25, 0.3) is 10.0 Å². The Kier molecular flexibility index (Phi) is 8.23. The molecule has 0 aliphatic carbocycles. The van der Waals surface area contributed by atoms with Gasteiger partial charge in [0.05, 0.1) is 17.5 Å². The minimum Gasteiger partial charge on any atom is -0.497 e. The van der Waals surface area contributed by atoms with Gasteiger partial charge in [-0.1, -0.05) is 46.3 Å². The van der Waals surface area contributed by atoms with Gasteiger partial charge in [-0.2, -0.15) is 0 Å². The summed E-state index contributed by atoms with van der Waals surface area (Å²) in [7, 11) is -7.33. The van der Waals surface area contributed by atoms with Gasteiger partial charge in [0, 0.05) is 29.5 Å². The highest BCUT2D eigenvalue weighted by atomic mass is 79.9. The van der Waals surface area contributed by atoms with Gasteiger partial charge < -0.3 is 15.2 Å². The molecule has 4 rings (SSSR count). The molecule has 0 spiro atoms. The van der Waals surface area contributed by atoms with Crippen molar-refractivity contribution in [3.8, 4) is 5.75 Å². The number of fused-ring (bicyclic) bond motifs is 1. The van der Waals surface area contributed by atoms with Crippen molar-refractivity contribution in [2.45, 2.75) is 16.3 Å². The Morgan fingerprint density at radius 1 is 0.974 bits per heavy atom. The standard InChI is InChI=1S/C25H24BrN3O7S2/c1-36-19-10-7-17(8-11-19)16-27-13-14-28-37(32,33)24-21-15-18(26)9-12-22(21)29(23(24)25(30)31)38(34,35)20-5-3-2-4-6-20/h2-12,15,27-28H,13-14,16H2,1H3,(H,30,31). The highest BCUT2D eigenvalue weighted by molar-refractivity contribution is 9.10. The Balaban J connectivity index is 1.67. The molecule has 0 unspecified atom stereocenters. The van der Waals surface area contributed by atoms with Crippen molar-refractivity contribution in [3.63, 3.8) is 0 Å². The number of ether oxygens (including phenoxy) is 1. The van der Waals surface area contributed by atoms with E-state index in [1.807, 2.05) is 24.3 Å². The molecule has 0 saturated heterocycles. The number of hydrogen-bond acceptors (Lipinski definition) is 7. The fourth-order valence-electron chi connectivity index (χ4n) is 3.93. The van der Waals surface area contributed by atoms with Crippen LogP contribution in [0.5, 0.6) is 5.75 Å². The van der Waals surface area contributed by atoms with Crippen LogP contribution in [0.4, 0.5) is 0 Å². The van der Waals surface area contributed by atoms with Crippen LogP contribution in [0.2, 0.25) is 0 Å². The molecule has 0 radical (unpaired) electrons. The maximum Gasteiger partial charge on any atom is 0.355 e. The fraction of sp³-hybridized carbons (Fsp3) is 0.160. The normalized spacial score (nSPS) is 12.1. The number of nitrogens with zero attached hydrogens (tertiary/aromatic N) is 1. The molecular weight excluding hydrogens is 598 g/mol. The van der Waals surface area contributed by atoms with E-state index in [0.29, 0.717) is 15.0 Å². The zero-order valence-electron chi connectivity index (χ0n) is 20.1. The Bertz CT molecular complexity index is 1690. The topological polar surface area (TPSA) is 144 Å². The Labute approximate surface area is 228 Å². The fourth-order valence-corrected chi connectivity index (χ4v) is 7.29. The SMILES string of the molecule is COc1ccc(CNCCNS(=O)(=O)c2c(C(=O)O)n(S(=O)(=O)c3ccccc3)c3ccc(Br)cc23)cc1. The smallest absolute Gasteiger partial charge is 0.355 e. The summed E-state index contributed by atoms with van der Waals surface area (Å²) in [5, 5.41) is 13.1. The lowest BCUT2D eigenvalue weighted by molar-refractivity contribution is 0.0685. The second-order valence-corrected chi connectivity index (χ2v) is 12.6. The summed E-state index contributed by atoms with van der Waals surface area (Å²) in [6.45, 7) is 0.635. The summed E-state index contributed by atoms with van der Waals surface area (Å²) in [5.74, 6) is -0.981. The van der Waals surface area contributed by atoms with Gasteiger partial charge in [-0.15, -0.1) is 0 Å². The Morgan fingerprint density at radius 2 is 1.66 bits per heavy atom. The number of rotatable bonds is 11. The van der Waals surface area contributed by atoms with Crippen molar-refractivity contribution in [2.24, 2.45) is 0 Å². The summed E-state index contributed by atoms with van der Waals surface area (Å²) >= 11 is 3.26. The largest absolute Gasteiger partial charge is 0.497 e. The van der Waals surface area contributed by atoms with Crippen molar-refractivity contribution in [2.75, 3.05) is 20.2 Å². The molecule has 200 valence electrons. The Morgan fingerprint density at radius 3 is 2.29 bits per heavy atom. The predicted octanol–water partition coefficient (Wildman–Crippen LogP) is 3.42. The lowest BCUT2D eigenvalue weighted by atomic mass is 10.2. The number of halogens is 1. The van der Waals surface area contributed by atoms with Gasteiger partial charge in [0.1, 0.15) is 10.6 Å². The average molecular weight is 623 g/mol. The van der Waals surface area contributed by atoms with Crippen LogP contribution in [0.15, 0.2) is 87.1 Å². The lowest BCUT2D eigenvalue weighted by Crippen LogP contribution is -2.32. The first kappa shape index (κ1) is 27.8. The number of benzene rings is 3. The molecular formula is C25H24BrN3O7S2. The third kappa shape index (κ3) is 5.61. The molecule has 0 aliphatic rings. The minimum absolute atomic E-state index is 0.0463.